The van der Waals surface area contributed by atoms with Gasteiger partial charge in [-0.1, -0.05) is 77.8 Å². The lowest BCUT2D eigenvalue weighted by molar-refractivity contribution is -0.123. The maximum atomic E-state index is 13.4. The molecule has 0 bridgehead atoms. The molecule has 4 rings (SSSR count). The van der Waals surface area contributed by atoms with Crippen molar-refractivity contribution in [3.8, 4) is 0 Å². The van der Waals surface area contributed by atoms with Gasteiger partial charge in [0.2, 0.25) is 15.9 Å². The summed E-state index contributed by atoms with van der Waals surface area (Å²) in [4.78, 5) is 13.2. The average Bonchev–Trinajstić information content (AvgIpc) is 2.81. The molecule has 0 saturated carbocycles. The SMILES string of the molecule is O=C(N[C@H]1CCCc2ccccc21)[C@H](Cc1ccccc1)NS(=O)(=O)c1cc(Cl)ccc1Cl. The molecule has 0 aliphatic heterocycles. The van der Waals surface area contributed by atoms with Gasteiger partial charge in [-0.2, -0.15) is 4.72 Å². The van der Waals surface area contributed by atoms with Gasteiger partial charge in [-0.15, -0.1) is 0 Å². The lowest BCUT2D eigenvalue weighted by Gasteiger charge is -2.28. The van der Waals surface area contributed by atoms with Crippen molar-refractivity contribution < 1.29 is 13.2 Å². The van der Waals surface area contributed by atoms with E-state index in [-0.39, 0.29) is 33.3 Å². The molecule has 0 unspecified atom stereocenters. The molecule has 2 N–H and O–H groups in total. The number of carbonyl (C=O) groups is 1. The van der Waals surface area contributed by atoms with E-state index < -0.39 is 16.1 Å². The van der Waals surface area contributed by atoms with Crippen LogP contribution in [0, 0.1) is 0 Å². The molecule has 1 aliphatic rings. The summed E-state index contributed by atoms with van der Waals surface area (Å²) in [5, 5.41) is 3.34. The van der Waals surface area contributed by atoms with Gasteiger partial charge in [-0.05, 0) is 60.6 Å². The van der Waals surface area contributed by atoms with Crippen molar-refractivity contribution >= 4 is 39.1 Å². The first kappa shape index (κ1) is 23.8. The first-order chi connectivity index (χ1) is 15.8. The van der Waals surface area contributed by atoms with Gasteiger partial charge in [0, 0.05) is 5.02 Å². The van der Waals surface area contributed by atoms with Crippen molar-refractivity contribution in [3.05, 3.63) is 99.5 Å². The summed E-state index contributed by atoms with van der Waals surface area (Å²) >= 11 is 12.1. The molecule has 5 nitrogen and oxygen atoms in total. The van der Waals surface area contributed by atoms with Gasteiger partial charge in [0.1, 0.15) is 10.9 Å². The van der Waals surface area contributed by atoms with Crippen molar-refractivity contribution in [1.29, 1.82) is 0 Å². The lowest BCUT2D eigenvalue weighted by atomic mass is 9.87. The summed E-state index contributed by atoms with van der Waals surface area (Å²) in [5.74, 6) is -0.387. The van der Waals surface area contributed by atoms with Crippen LogP contribution in [0.15, 0.2) is 77.7 Å². The Morgan fingerprint density at radius 2 is 1.73 bits per heavy atom. The Labute approximate surface area is 204 Å². The molecule has 1 amide bonds. The minimum Gasteiger partial charge on any atom is -0.348 e. The Balaban J connectivity index is 1.61. The number of halogens is 2. The van der Waals surface area contributed by atoms with Crippen LogP contribution in [0.4, 0.5) is 0 Å². The Kier molecular flexibility index (Phi) is 7.39. The fraction of sp³-hybridized carbons (Fsp3) is 0.240. The highest BCUT2D eigenvalue weighted by Crippen LogP contribution is 2.30. The first-order valence-electron chi connectivity index (χ1n) is 10.7. The van der Waals surface area contributed by atoms with Crippen LogP contribution in [-0.4, -0.2) is 20.4 Å². The zero-order valence-corrected chi connectivity index (χ0v) is 20.1. The van der Waals surface area contributed by atoms with Crippen LogP contribution in [0.25, 0.3) is 0 Å². The van der Waals surface area contributed by atoms with Crippen molar-refractivity contribution in [2.45, 2.75) is 42.7 Å². The number of rotatable bonds is 7. The van der Waals surface area contributed by atoms with Crippen LogP contribution in [0.5, 0.6) is 0 Å². The summed E-state index contributed by atoms with van der Waals surface area (Å²) in [5.41, 5.74) is 3.12. The second-order valence-electron chi connectivity index (χ2n) is 8.09. The molecule has 33 heavy (non-hydrogen) atoms. The third-order valence-corrected chi connectivity index (χ3v) is 7.95. The molecule has 172 valence electrons. The minimum atomic E-state index is -4.11. The van der Waals surface area contributed by atoms with Crippen LogP contribution in [0.1, 0.15) is 35.6 Å². The number of nitrogens with one attached hydrogen (secondary N) is 2. The van der Waals surface area contributed by atoms with Crippen LogP contribution < -0.4 is 10.0 Å². The Morgan fingerprint density at radius 1 is 1.00 bits per heavy atom. The highest BCUT2D eigenvalue weighted by molar-refractivity contribution is 7.89. The zero-order valence-electron chi connectivity index (χ0n) is 17.8. The van der Waals surface area contributed by atoms with Gasteiger partial charge in [-0.3, -0.25) is 4.79 Å². The number of hydrogen-bond donors (Lipinski definition) is 2. The van der Waals surface area contributed by atoms with Crippen molar-refractivity contribution in [1.82, 2.24) is 10.0 Å². The first-order valence-corrected chi connectivity index (χ1v) is 13.0. The minimum absolute atomic E-state index is 0.0342. The zero-order chi connectivity index (χ0) is 23.4. The normalized spacial score (nSPS) is 16.6. The average molecular weight is 503 g/mol. The molecule has 0 aromatic heterocycles. The monoisotopic (exact) mass is 502 g/mol. The molecule has 0 radical (unpaired) electrons. The molecular weight excluding hydrogens is 479 g/mol. The van der Waals surface area contributed by atoms with Crippen molar-refractivity contribution in [2.24, 2.45) is 0 Å². The van der Waals surface area contributed by atoms with Crippen LogP contribution in [0.3, 0.4) is 0 Å². The maximum absolute atomic E-state index is 13.4. The standard InChI is InChI=1S/C25H24Cl2N2O3S/c26-19-13-14-21(27)24(16-19)33(31,32)29-23(15-17-7-2-1-3-8-17)25(30)28-22-12-6-10-18-9-4-5-11-20(18)22/h1-5,7-9,11,13-14,16,22-23,29H,6,10,12,15H2,(H,28,30)/t22-,23-/m0/s1. The molecule has 0 spiro atoms. The number of benzene rings is 3. The maximum Gasteiger partial charge on any atom is 0.242 e. The summed E-state index contributed by atoms with van der Waals surface area (Å²) in [6.07, 6.45) is 2.91. The van der Waals surface area contributed by atoms with E-state index in [4.69, 9.17) is 23.2 Å². The molecular formula is C25H24Cl2N2O3S. The predicted molar refractivity (Wildman–Crippen MR) is 131 cm³/mol. The van der Waals surface area contributed by atoms with Gasteiger partial charge in [0.05, 0.1) is 11.1 Å². The second-order valence-corrected chi connectivity index (χ2v) is 10.6. The molecule has 2 atom stereocenters. The Bertz CT molecular complexity index is 1250. The van der Waals surface area contributed by atoms with Gasteiger partial charge >= 0.3 is 0 Å². The number of amides is 1. The topological polar surface area (TPSA) is 75.3 Å². The smallest absolute Gasteiger partial charge is 0.242 e. The third-order valence-electron chi connectivity index (χ3n) is 5.77. The molecule has 0 saturated heterocycles. The Hall–Kier alpha value is -2.38. The summed E-state index contributed by atoms with van der Waals surface area (Å²) in [6, 6.07) is 20.3. The van der Waals surface area contributed by atoms with E-state index in [2.05, 4.69) is 16.1 Å². The van der Waals surface area contributed by atoms with Crippen LogP contribution in [0.2, 0.25) is 10.0 Å². The summed E-state index contributed by atoms with van der Waals surface area (Å²) < 4.78 is 28.9. The largest absolute Gasteiger partial charge is 0.348 e. The van der Waals surface area contributed by atoms with Crippen LogP contribution in [-0.2, 0) is 27.7 Å². The third kappa shape index (κ3) is 5.76. The highest BCUT2D eigenvalue weighted by atomic mass is 35.5. The van der Waals surface area contributed by atoms with Crippen LogP contribution >= 0.6 is 23.2 Å². The number of fused-ring (bicyclic) bond motifs is 1. The van der Waals surface area contributed by atoms with E-state index in [1.54, 1.807) is 0 Å². The van der Waals surface area contributed by atoms with E-state index in [9.17, 15) is 13.2 Å². The lowest BCUT2D eigenvalue weighted by Crippen LogP contribution is -2.49. The van der Waals surface area contributed by atoms with E-state index in [0.717, 1.165) is 30.4 Å². The van der Waals surface area contributed by atoms with E-state index in [1.807, 2.05) is 48.5 Å². The van der Waals surface area contributed by atoms with Gasteiger partial charge in [0.25, 0.3) is 0 Å². The van der Waals surface area contributed by atoms with Crippen molar-refractivity contribution in [2.75, 3.05) is 0 Å². The van der Waals surface area contributed by atoms with Gasteiger partial charge in [-0.25, -0.2) is 8.42 Å². The molecule has 0 heterocycles. The number of aryl methyl sites for hydroxylation is 1. The Morgan fingerprint density at radius 3 is 2.52 bits per heavy atom. The fourth-order valence-corrected chi connectivity index (χ4v) is 6.11. The second kappa shape index (κ2) is 10.3. The predicted octanol–water partition coefficient (Wildman–Crippen LogP) is 5.08. The number of hydrogen-bond acceptors (Lipinski definition) is 3. The van der Waals surface area contributed by atoms with Gasteiger partial charge in [0.15, 0.2) is 0 Å². The number of sulfonamides is 1. The molecule has 0 fully saturated rings. The molecule has 8 heteroatoms. The van der Waals surface area contributed by atoms with E-state index >= 15 is 0 Å². The quantitative estimate of drug-likeness (QED) is 0.473. The summed E-state index contributed by atoms with van der Waals surface area (Å²) in [7, 11) is -4.11. The molecule has 3 aromatic rings. The van der Waals surface area contributed by atoms with Gasteiger partial charge < -0.3 is 5.32 Å². The van der Waals surface area contributed by atoms with E-state index in [1.165, 1.54) is 23.8 Å². The molecule has 1 aliphatic carbocycles. The molecule has 3 aromatic carbocycles. The summed E-state index contributed by atoms with van der Waals surface area (Å²) in [6.45, 7) is 0. The highest BCUT2D eigenvalue weighted by Gasteiger charge is 2.30. The fourth-order valence-electron chi connectivity index (χ4n) is 4.15. The van der Waals surface area contributed by atoms with E-state index in [0.29, 0.717) is 0 Å². The van der Waals surface area contributed by atoms with Crippen molar-refractivity contribution in [3.63, 3.8) is 0 Å². The number of carbonyl (C=O) groups excluding carboxylic acids is 1.